The van der Waals surface area contributed by atoms with Crippen molar-refractivity contribution in [2.24, 2.45) is 0 Å². The van der Waals surface area contributed by atoms with Crippen molar-refractivity contribution in [3.63, 3.8) is 0 Å². The molecule has 1 aromatic heterocycles. The van der Waals surface area contributed by atoms with Crippen molar-refractivity contribution in [1.29, 1.82) is 0 Å². The standard InChI is InChI=1S/C11H18N4.2ClH/c1-7-3-4-8(2)15(7)11-10(13)5-9(12)6-14-11;;/h5-8H,3-4,12-13H2,1-2H3;2*1H. The molecule has 0 spiro atoms. The average molecular weight is 279 g/mol. The van der Waals surface area contributed by atoms with Gasteiger partial charge in [-0.1, -0.05) is 0 Å². The topological polar surface area (TPSA) is 68.2 Å². The van der Waals surface area contributed by atoms with Crippen molar-refractivity contribution in [2.75, 3.05) is 16.4 Å². The number of pyridine rings is 1. The van der Waals surface area contributed by atoms with E-state index < -0.39 is 0 Å². The van der Waals surface area contributed by atoms with Crippen LogP contribution in [0.2, 0.25) is 0 Å². The summed E-state index contributed by atoms with van der Waals surface area (Å²) in [6, 6.07) is 2.80. The molecule has 17 heavy (non-hydrogen) atoms. The number of hydrogen-bond donors (Lipinski definition) is 2. The Bertz CT molecular complexity index is 362. The lowest BCUT2D eigenvalue weighted by molar-refractivity contribution is 0.684. The van der Waals surface area contributed by atoms with E-state index in [1.54, 1.807) is 12.3 Å². The minimum atomic E-state index is 0. The van der Waals surface area contributed by atoms with Gasteiger partial charge in [0.2, 0.25) is 0 Å². The van der Waals surface area contributed by atoms with Gasteiger partial charge in [0.25, 0.3) is 0 Å². The molecule has 1 aliphatic heterocycles. The SMILES string of the molecule is CC1CCC(C)N1c1ncc(N)cc1N.Cl.Cl. The maximum atomic E-state index is 5.94. The molecule has 0 amide bonds. The van der Waals surface area contributed by atoms with Crippen LogP contribution in [0, 0.1) is 0 Å². The van der Waals surface area contributed by atoms with Crippen molar-refractivity contribution in [1.82, 2.24) is 4.98 Å². The Morgan fingerprint density at radius 3 is 2.18 bits per heavy atom. The molecule has 98 valence electrons. The zero-order valence-electron chi connectivity index (χ0n) is 10.1. The van der Waals surface area contributed by atoms with E-state index in [1.165, 1.54) is 12.8 Å². The Labute approximate surface area is 115 Å². The van der Waals surface area contributed by atoms with Gasteiger partial charge in [-0.15, -0.1) is 24.8 Å². The summed E-state index contributed by atoms with van der Waals surface area (Å²) in [5.41, 5.74) is 12.9. The van der Waals surface area contributed by atoms with Crippen LogP contribution < -0.4 is 16.4 Å². The van der Waals surface area contributed by atoms with Crippen molar-refractivity contribution in [2.45, 2.75) is 38.8 Å². The molecule has 4 nitrogen and oxygen atoms in total. The highest BCUT2D eigenvalue weighted by atomic mass is 35.5. The first-order valence-electron chi connectivity index (χ1n) is 5.39. The minimum Gasteiger partial charge on any atom is -0.397 e. The molecule has 0 bridgehead atoms. The highest BCUT2D eigenvalue weighted by Gasteiger charge is 2.29. The zero-order valence-corrected chi connectivity index (χ0v) is 11.7. The summed E-state index contributed by atoms with van der Waals surface area (Å²) in [5, 5.41) is 0. The van der Waals surface area contributed by atoms with E-state index in [0.717, 1.165) is 5.82 Å². The van der Waals surface area contributed by atoms with Gasteiger partial charge in [-0.3, -0.25) is 0 Å². The van der Waals surface area contributed by atoms with Gasteiger partial charge < -0.3 is 16.4 Å². The molecule has 0 aromatic carbocycles. The zero-order chi connectivity index (χ0) is 11.0. The molecule has 2 rings (SSSR count). The number of aromatic nitrogens is 1. The van der Waals surface area contributed by atoms with E-state index in [2.05, 4.69) is 23.7 Å². The third-order valence-corrected chi connectivity index (χ3v) is 3.11. The number of anilines is 3. The molecule has 1 saturated heterocycles. The fraction of sp³-hybridized carbons (Fsp3) is 0.545. The van der Waals surface area contributed by atoms with Crippen LogP contribution in [-0.4, -0.2) is 17.1 Å². The Balaban J connectivity index is 0.00000128. The molecule has 2 unspecified atom stereocenters. The number of nitrogens with two attached hydrogens (primary N) is 2. The summed E-state index contributed by atoms with van der Waals surface area (Å²) in [6.07, 6.45) is 4.07. The maximum Gasteiger partial charge on any atom is 0.152 e. The maximum absolute atomic E-state index is 5.94. The summed E-state index contributed by atoms with van der Waals surface area (Å²) < 4.78 is 0. The predicted molar refractivity (Wildman–Crippen MR) is 78.2 cm³/mol. The predicted octanol–water partition coefficient (Wildman–Crippen LogP) is 2.47. The second-order valence-electron chi connectivity index (χ2n) is 4.36. The van der Waals surface area contributed by atoms with Gasteiger partial charge in [-0.25, -0.2) is 4.98 Å². The molecule has 1 fully saturated rings. The molecule has 2 atom stereocenters. The summed E-state index contributed by atoms with van der Waals surface area (Å²) in [7, 11) is 0. The third-order valence-electron chi connectivity index (χ3n) is 3.11. The van der Waals surface area contributed by atoms with Gasteiger partial charge in [-0.2, -0.15) is 0 Å². The minimum absolute atomic E-state index is 0. The quantitative estimate of drug-likeness (QED) is 0.828. The summed E-state index contributed by atoms with van der Waals surface area (Å²) in [6.45, 7) is 4.42. The van der Waals surface area contributed by atoms with Crippen molar-refractivity contribution < 1.29 is 0 Å². The molecule has 0 aliphatic carbocycles. The Hall–Kier alpha value is -0.870. The monoisotopic (exact) mass is 278 g/mol. The lowest BCUT2D eigenvalue weighted by atomic mass is 10.2. The molecule has 4 N–H and O–H groups in total. The number of rotatable bonds is 1. The fourth-order valence-corrected chi connectivity index (χ4v) is 2.32. The third kappa shape index (κ3) is 3.07. The largest absolute Gasteiger partial charge is 0.397 e. The lowest BCUT2D eigenvalue weighted by Crippen LogP contribution is -2.33. The summed E-state index contributed by atoms with van der Waals surface area (Å²) >= 11 is 0. The van der Waals surface area contributed by atoms with Crippen molar-refractivity contribution in [3.05, 3.63) is 12.3 Å². The number of nitrogens with zero attached hydrogens (tertiary/aromatic N) is 2. The van der Waals surface area contributed by atoms with E-state index in [9.17, 15) is 0 Å². The van der Waals surface area contributed by atoms with Crippen LogP contribution in [0.3, 0.4) is 0 Å². The van der Waals surface area contributed by atoms with Gasteiger partial charge in [-0.05, 0) is 32.8 Å². The molecule has 0 radical (unpaired) electrons. The molecular formula is C11H20Cl2N4. The van der Waals surface area contributed by atoms with Crippen LogP contribution in [0.5, 0.6) is 0 Å². The highest BCUT2D eigenvalue weighted by Crippen LogP contribution is 2.32. The average Bonchev–Trinajstić information content (AvgIpc) is 2.48. The summed E-state index contributed by atoms with van der Waals surface area (Å²) in [5.74, 6) is 0.877. The first kappa shape index (κ1) is 16.1. The van der Waals surface area contributed by atoms with Gasteiger partial charge in [0.05, 0.1) is 17.6 Å². The van der Waals surface area contributed by atoms with Crippen LogP contribution in [0.25, 0.3) is 0 Å². The van der Waals surface area contributed by atoms with Gasteiger partial charge >= 0.3 is 0 Å². The Kier molecular flexibility index (Phi) is 5.85. The van der Waals surface area contributed by atoms with Crippen molar-refractivity contribution in [3.8, 4) is 0 Å². The molecule has 1 aliphatic rings. The van der Waals surface area contributed by atoms with Crippen LogP contribution in [-0.2, 0) is 0 Å². The molecule has 1 aromatic rings. The van der Waals surface area contributed by atoms with Crippen LogP contribution in [0.15, 0.2) is 12.3 Å². The smallest absolute Gasteiger partial charge is 0.152 e. The van der Waals surface area contributed by atoms with E-state index in [1.807, 2.05) is 0 Å². The fourth-order valence-electron chi connectivity index (χ4n) is 2.32. The number of hydrogen-bond acceptors (Lipinski definition) is 4. The Morgan fingerprint density at radius 1 is 1.18 bits per heavy atom. The summed E-state index contributed by atoms with van der Waals surface area (Å²) in [4.78, 5) is 6.62. The molecular weight excluding hydrogens is 259 g/mol. The second kappa shape index (κ2) is 6.17. The molecule has 6 heteroatoms. The van der Waals surface area contributed by atoms with Crippen LogP contribution >= 0.6 is 24.8 Å². The first-order chi connectivity index (χ1) is 7.09. The number of nitrogen functional groups attached to an aromatic ring is 2. The van der Waals surface area contributed by atoms with E-state index in [-0.39, 0.29) is 24.8 Å². The second-order valence-corrected chi connectivity index (χ2v) is 4.36. The molecule has 0 saturated carbocycles. The van der Waals surface area contributed by atoms with E-state index in [4.69, 9.17) is 11.5 Å². The van der Waals surface area contributed by atoms with Gasteiger partial charge in [0.15, 0.2) is 5.82 Å². The highest BCUT2D eigenvalue weighted by molar-refractivity contribution is 5.85. The lowest BCUT2D eigenvalue weighted by Gasteiger charge is -2.28. The van der Waals surface area contributed by atoms with E-state index >= 15 is 0 Å². The van der Waals surface area contributed by atoms with Gasteiger partial charge in [0, 0.05) is 12.1 Å². The van der Waals surface area contributed by atoms with Gasteiger partial charge in [0.1, 0.15) is 0 Å². The van der Waals surface area contributed by atoms with Crippen LogP contribution in [0.1, 0.15) is 26.7 Å². The first-order valence-corrected chi connectivity index (χ1v) is 5.39. The van der Waals surface area contributed by atoms with E-state index in [0.29, 0.717) is 23.5 Å². The normalized spacial score (nSPS) is 22.8. The number of halogens is 2. The molecule has 2 heterocycles. The van der Waals surface area contributed by atoms with Crippen molar-refractivity contribution >= 4 is 42.0 Å². The Morgan fingerprint density at radius 2 is 1.71 bits per heavy atom. The van der Waals surface area contributed by atoms with Crippen LogP contribution in [0.4, 0.5) is 17.2 Å².